The van der Waals surface area contributed by atoms with Crippen LogP contribution >= 0.6 is 0 Å². The molecule has 1 aliphatic rings. The van der Waals surface area contributed by atoms with Crippen molar-refractivity contribution in [2.24, 2.45) is 11.7 Å². The lowest BCUT2D eigenvalue weighted by Crippen LogP contribution is -2.34. The average Bonchev–Trinajstić information content (AvgIpc) is 2.83. The number of carbonyl (C=O) groups is 1. The Labute approximate surface area is 114 Å². The van der Waals surface area contributed by atoms with Gasteiger partial charge in [0.05, 0.1) is 6.10 Å². The van der Waals surface area contributed by atoms with Crippen LogP contribution in [-0.4, -0.2) is 23.7 Å². The molecule has 1 aliphatic carbocycles. The minimum atomic E-state index is -0.269. The van der Waals surface area contributed by atoms with Crippen molar-refractivity contribution in [3.63, 3.8) is 0 Å². The third kappa shape index (κ3) is 4.04. The van der Waals surface area contributed by atoms with E-state index in [0.29, 0.717) is 6.54 Å². The van der Waals surface area contributed by atoms with Gasteiger partial charge in [0.1, 0.15) is 0 Å². The van der Waals surface area contributed by atoms with E-state index in [2.05, 4.69) is 5.32 Å². The van der Waals surface area contributed by atoms with Gasteiger partial charge in [0, 0.05) is 24.9 Å². The first-order valence-electron chi connectivity index (χ1n) is 6.92. The standard InChI is InChI=1S/C15H22N2O2/c16-13(11-5-2-1-3-6-11)9-15(19)17-10-12-7-4-8-14(12)18/h1-3,5-6,12-14,18H,4,7-10,16H2,(H,17,19). The Morgan fingerprint density at radius 1 is 1.37 bits per heavy atom. The van der Waals surface area contributed by atoms with Crippen molar-refractivity contribution in [1.82, 2.24) is 5.32 Å². The smallest absolute Gasteiger partial charge is 0.221 e. The van der Waals surface area contributed by atoms with Crippen molar-refractivity contribution in [2.75, 3.05) is 6.54 Å². The van der Waals surface area contributed by atoms with Gasteiger partial charge < -0.3 is 16.2 Å². The Balaban J connectivity index is 1.75. The van der Waals surface area contributed by atoms with E-state index < -0.39 is 0 Å². The van der Waals surface area contributed by atoms with Gasteiger partial charge in [-0.2, -0.15) is 0 Å². The fourth-order valence-electron chi connectivity index (χ4n) is 2.59. The van der Waals surface area contributed by atoms with Crippen LogP contribution < -0.4 is 11.1 Å². The van der Waals surface area contributed by atoms with Crippen molar-refractivity contribution >= 4 is 5.91 Å². The van der Waals surface area contributed by atoms with Gasteiger partial charge in [-0.15, -0.1) is 0 Å². The van der Waals surface area contributed by atoms with E-state index in [1.165, 1.54) is 0 Å². The highest BCUT2D eigenvalue weighted by Gasteiger charge is 2.25. The third-order valence-electron chi connectivity index (χ3n) is 3.81. The maximum atomic E-state index is 11.8. The van der Waals surface area contributed by atoms with E-state index in [9.17, 15) is 9.90 Å². The largest absolute Gasteiger partial charge is 0.393 e. The summed E-state index contributed by atoms with van der Waals surface area (Å²) in [7, 11) is 0. The molecule has 104 valence electrons. The normalized spacial score (nSPS) is 24.1. The van der Waals surface area contributed by atoms with Gasteiger partial charge in [0.2, 0.25) is 5.91 Å². The Morgan fingerprint density at radius 2 is 2.11 bits per heavy atom. The Hall–Kier alpha value is -1.39. The van der Waals surface area contributed by atoms with Gasteiger partial charge in [-0.25, -0.2) is 0 Å². The first kappa shape index (κ1) is 14.0. The van der Waals surface area contributed by atoms with Crippen molar-refractivity contribution in [1.29, 1.82) is 0 Å². The van der Waals surface area contributed by atoms with Crippen LogP contribution in [0.2, 0.25) is 0 Å². The third-order valence-corrected chi connectivity index (χ3v) is 3.81. The van der Waals surface area contributed by atoms with E-state index in [-0.39, 0.29) is 30.4 Å². The maximum absolute atomic E-state index is 11.8. The lowest BCUT2D eigenvalue weighted by atomic mass is 10.0. The average molecular weight is 262 g/mol. The highest BCUT2D eigenvalue weighted by molar-refractivity contribution is 5.76. The zero-order chi connectivity index (χ0) is 13.7. The summed E-state index contributed by atoms with van der Waals surface area (Å²) in [5, 5.41) is 12.6. The minimum absolute atomic E-state index is 0.0459. The van der Waals surface area contributed by atoms with Crippen molar-refractivity contribution in [3.8, 4) is 0 Å². The number of hydrogen-bond acceptors (Lipinski definition) is 3. The highest BCUT2D eigenvalue weighted by atomic mass is 16.3. The van der Waals surface area contributed by atoms with Crippen LogP contribution in [0.1, 0.15) is 37.3 Å². The first-order valence-corrected chi connectivity index (χ1v) is 6.92. The molecule has 0 radical (unpaired) electrons. The van der Waals surface area contributed by atoms with Gasteiger partial charge in [0.15, 0.2) is 0 Å². The highest BCUT2D eigenvalue weighted by Crippen LogP contribution is 2.24. The van der Waals surface area contributed by atoms with Gasteiger partial charge in [-0.3, -0.25) is 4.79 Å². The number of carbonyl (C=O) groups excluding carboxylic acids is 1. The topological polar surface area (TPSA) is 75.4 Å². The molecule has 0 bridgehead atoms. The van der Waals surface area contributed by atoms with E-state index in [0.717, 1.165) is 24.8 Å². The maximum Gasteiger partial charge on any atom is 0.221 e. The summed E-state index contributed by atoms with van der Waals surface area (Å²) in [5.41, 5.74) is 6.97. The van der Waals surface area contributed by atoms with Crippen molar-refractivity contribution in [3.05, 3.63) is 35.9 Å². The van der Waals surface area contributed by atoms with E-state index in [1.807, 2.05) is 30.3 Å². The summed E-state index contributed by atoms with van der Waals surface area (Å²) in [6.07, 6.45) is 2.91. The molecule has 1 fully saturated rings. The Morgan fingerprint density at radius 3 is 2.74 bits per heavy atom. The minimum Gasteiger partial charge on any atom is -0.393 e. The molecule has 2 rings (SSSR count). The monoisotopic (exact) mass is 262 g/mol. The van der Waals surface area contributed by atoms with Crippen LogP contribution in [0.4, 0.5) is 0 Å². The number of hydrogen-bond donors (Lipinski definition) is 3. The molecule has 0 spiro atoms. The van der Waals surface area contributed by atoms with Crippen molar-refractivity contribution in [2.45, 2.75) is 37.8 Å². The molecule has 1 aromatic carbocycles. The molecule has 3 atom stereocenters. The van der Waals surface area contributed by atoms with Gasteiger partial charge in [-0.1, -0.05) is 36.8 Å². The lowest BCUT2D eigenvalue weighted by Gasteiger charge is -2.16. The molecule has 1 aromatic rings. The molecule has 4 nitrogen and oxygen atoms in total. The van der Waals surface area contributed by atoms with Gasteiger partial charge >= 0.3 is 0 Å². The molecule has 4 N–H and O–H groups in total. The van der Waals surface area contributed by atoms with E-state index >= 15 is 0 Å². The molecule has 4 heteroatoms. The fourth-order valence-corrected chi connectivity index (χ4v) is 2.59. The number of aliphatic hydroxyl groups is 1. The van der Waals surface area contributed by atoms with Crippen LogP contribution in [0.25, 0.3) is 0 Å². The number of rotatable bonds is 5. The predicted octanol–water partition coefficient (Wildman–Crippen LogP) is 1.35. The molecule has 3 unspecified atom stereocenters. The summed E-state index contributed by atoms with van der Waals surface area (Å²) in [6.45, 7) is 0.557. The zero-order valence-electron chi connectivity index (χ0n) is 11.1. The van der Waals surface area contributed by atoms with Crippen LogP contribution in [0.3, 0.4) is 0 Å². The molecule has 0 aliphatic heterocycles. The number of benzene rings is 1. The van der Waals surface area contributed by atoms with E-state index in [1.54, 1.807) is 0 Å². The molecule has 0 heterocycles. The Kier molecular flexibility index (Phi) is 4.93. The summed E-state index contributed by atoms with van der Waals surface area (Å²) < 4.78 is 0. The molecular weight excluding hydrogens is 240 g/mol. The molecule has 0 saturated heterocycles. The molecular formula is C15H22N2O2. The second-order valence-corrected chi connectivity index (χ2v) is 5.28. The van der Waals surface area contributed by atoms with Crippen LogP contribution in [0, 0.1) is 5.92 Å². The van der Waals surface area contributed by atoms with Gasteiger partial charge in [0.25, 0.3) is 0 Å². The quantitative estimate of drug-likeness (QED) is 0.750. The fraction of sp³-hybridized carbons (Fsp3) is 0.533. The molecule has 1 amide bonds. The first-order chi connectivity index (χ1) is 9.16. The summed E-state index contributed by atoms with van der Waals surface area (Å²) in [4.78, 5) is 11.8. The summed E-state index contributed by atoms with van der Waals surface area (Å²) >= 11 is 0. The molecule has 0 aromatic heterocycles. The van der Waals surface area contributed by atoms with E-state index in [4.69, 9.17) is 5.73 Å². The van der Waals surface area contributed by atoms with Crippen molar-refractivity contribution < 1.29 is 9.90 Å². The predicted molar refractivity (Wildman–Crippen MR) is 74.3 cm³/mol. The zero-order valence-corrected chi connectivity index (χ0v) is 11.1. The second kappa shape index (κ2) is 6.68. The Bertz CT molecular complexity index is 408. The number of nitrogens with two attached hydrogens (primary N) is 1. The second-order valence-electron chi connectivity index (χ2n) is 5.28. The van der Waals surface area contributed by atoms with Gasteiger partial charge in [-0.05, 0) is 18.4 Å². The summed E-state index contributed by atoms with van der Waals surface area (Å²) in [5.74, 6) is 0.160. The molecule has 19 heavy (non-hydrogen) atoms. The SMILES string of the molecule is NC(CC(=O)NCC1CCCC1O)c1ccccc1. The van der Waals surface area contributed by atoms with Crippen LogP contribution in [0.5, 0.6) is 0 Å². The number of nitrogens with one attached hydrogen (secondary N) is 1. The molecule has 1 saturated carbocycles. The number of aliphatic hydroxyl groups excluding tert-OH is 1. The summed E-state index contributed by atoms with van der Waals surface area (Å²) in [6, 6.07) is 9.36. The number of amides is 1. The lowest BCUT2D eigenvalue weighted by molar-refractivity contribution is -0.121. The van der Waals surface area contributed by atoms with Crippen LogP contribution in [-0.2, 0) is 4.79 Å². The van der Waals surface area contributed by atoms with Crippen LogP contribution in [0.15, 0.2) is 30.3 Å².